The van der Waals surface area contributed by atoms with Crippen LogP contribution >= 0.6 is 28.1 Å². The molecule has 4 nitrogen and oxygen atoms in total. The largest absolute Gasteiger partial charge is 0.497 e. The van der Waals surface area contributed by atoms with Crippen LogP contribution in [0.25, 0.3) is 0 Å². The smallest absolute Gasteiger partial charge is 0.187 e. The van der Waals surface area contributed by atoms with E-state index in [0.717, 1.165) is 33.5 Å². The Balaban J connectivity index is 1.90. The van der Waals surface area contributed by atoms with Crippen molar-refractivity contribution < 1.29 is 4.74 Å². The number of benzene rings is 2. The molecule has 0 fully saturated rings. The molecule has 6 heteroatoms. The molecule has 2 aromatic carbocycles. The highest BCUT2D eigenvalue weighted by Gasteiger charge is 2.30. The standard InChI is InChI=1S/C17H16BrN3OS/c1-22-14-8-4-12(5-9-14)16-10-15(20-21(16)17(19)23)11-2-6-13(18)7-3-11/h2-9,16H,10H2,1H3,(H2,19,23). The highest BCUT2D eigenvalue weighted by molar-refractivity contribution is 9.10. The van der Waals surface area contributed by atoms with E-state index in [1.807, 2.05) is 48.5 Å². The molecule has 1 unspecified atom stereocenters. The molecule has 3 rings (SSSR count). The maximum Gasteiger partial charge on any atom is 0.187 e. The molecule has 0 aliphatic carbocycles. The van der Waals surface area contributed by atoms with E-state index in [-0.39, 0.29) is 11.2 Å². The number of ether oxygens (including phenoxy) is 1. The van der Waals surface area contributed by atoms with Gasteiger partial charge in [-0.25, -0.2) is 5.01 Å². The number of methoxy groups -OCH3 is 1. The van der Waals surface area contributed by atoms with Crippen molar-refractivity contribution in [2.45, 2.75) is 12.5 Å². The van der Waals surface area contributed by atoms with Crippen LogP contribution in [0.3, 0.4) is 0 Å². The summed E-state index contributed by atoms with van der Waals surface area (Å²) >= 11 is 8.62. The van der Waals surface area contributed by atoms with Crippen LogP contribution in [0.5, 0.6) is 5.75 Å². The van der Waals surface area contributed by atoms with Gasteiger partial charge in [0.05, 0.1) is 18.9 Å². The Morgan fingerprint density at radius 1 is 1.22 bits per heavy atom. The van der Waals surface area contributed by atoms with E-state index in [9.17, 15) is 0 Å². The van der Waals surface area contributed by atoms with Crippen LogP contribution in [0.15, 0.2) is 58.1 Å². The van der Waals surface area contributed by atoms with Gasteiger partial charge in [-0.05, 0) is 47.6 Å². The van der Waals surface area contributed by atoms with Crippen molar-refractivity contribution in [1.82, 2.24) is 5.01 Å². The Kier molecular flexibility index (Phi) is 4.63. The molecule has 2 N–H and O–H groups in total. The number of hydrogen-bond acceptors (Lipinski definition) is 3. The number of thiocarbonyl (C=S) groups is 1. The van der Waals surface area contributed by atoms with Gasteiger partial charge in [0.15, 0.2) is 5.11 Å². The maximum atomic E-state index is 5.86. The number of nitrogens with zero attached hydrogens (tertiary/aromatic N) is 2. The van der Waals surface area contributed by atoms with Crippen LogP contribution in [0, 0.1) is 0 Å². The summed E-state index contributed by atoms with van der Waals surface area (Å²) in [6.07, 6.45) is 0.755. The zero-order valence-corrected chi connectivity index (χ0v) is 15.0. The number of nitrogens with two attached hydrogens (primary N) is 1. The van der Waals surface area contributed by atoms with E-state index in [4.69, 9.17) is 22.7 Å². The van der Waals surface area contributed by atoms with Gasteiger partial charge in [-0.2, -0.15) is 5.10 Å². The summed E-state index contributed by atoms with van der Waals surface area (Å²) < 4.78 is 6.25. The lowest BCUT2D eigenvalue weighted by atomic mass is 9.98. The van der Waals surface area contributed by atoms with Crippen molar-refractivity contribution in [3.05, 3.63) is 64.1 Å². The van der Waals surface area contributed by atoms with E-state index < -0.39 is 0 Å². The SMILES string of the molecule is COc1ccc(C2CC(c3ccc(Br)cc3)=NN2C(N)=S)cc1. The van der Waals surface area contributed by atoms with Gasteiger partial charge in [0.25, 0.3) is 0 Å². The summed E-state index contributed by atoms with van der Waals surface area (Å²) in [5.74, 6) is 0.822. The Morgan fingerprint density at radius 2 is 1.87 bits per heavy atom. The minimum atomic E-state index is 0.0112. The van der Waals surface area contributed by atoms with Crippen molar-refractivity contribution in [3.8, 4) is 5.75 Å². The highest BCUT2D eigenvalue weighted by atomic mass is 79.9. The van der Waals surface area contributed by atoms with E-state index in [2.05, 4.69) is 21.0 Å². The predicted octanol–water partition coefficient (Wildman–Crippen LogP) is 3.85. The zero-order chi connectivity index (χ0) is 16.4. The molecule has 0 aromatic heterocycles. The van der Waals surface area contributed by atoms with Crippen molar-refractivity contribution in [2.24, 2.45) is 10.8 Å². The van der Waals surface area contributed by atoms with Crippen LogP contribution in [0.2, 0.25) is 0 Å². The summed E-state index contributed by atoms with van der Waals surface area (Å²) in [6, 6.07) is 16.0. The molecule has 2 aromatic rings. The summed E-state index contributed by atoms with van der Waals surface area (Å²) in [5, 5.41) is 6.62. The first kappa shape index (κ1) is 16.0. The minimum Gasteiger partial charge on any atom is -0.497 e. The number of halogens is 1. The van der Waals surface area contributed by atoms with E-state index in [1.165, 1.54) is 0 Å². The van der Waals surface area contributed by atoms with E-state index >= 15 is 0 Å². The fraction of sp³-hybridized carbons (Fsp3) is 0.176. The fourth-order valence-electron chi connectivity index (χ4n) is 2.62. The molecule has 0 saturated carbocycles. The van der Waals surface area contributed by atoms with E-state index in [1.54, 1.807) is 12.1 Å². The topological polar surface area (TPSA) is 50.8 Å². The molecule has 1 aliphatic rings. The van der Waals surface area contributed by atoms with Crippen molar-refractivity contribution >= 4 is 39.0 Å². The predicted molar refractivity (Wildman–Crippen MR) is 99.7 cm³/mol. The van der Waals surface area contributed by atoms with Crippen LogP contribution in [0.4, 0.5) is 0 Å². The number of hydrogen-bond donors (Lipinski definition) is 1. The lowest BCUT2D eigenvalue weighted by Gasteiger charge is -2.22. The third-order valence-electron chi connectivity index (χ3n) is 3.81. The van der Waals surface area contributed by atoms with Gasteiger partial charge in [-0.3, -0.25) is 0 Å². The average molecular weight is 390 g/mol. The Bertz CT molecular complexity index is 743. The maximum absolute atomic E-state index is 5.86. The molecular weight excluding hydrogens is 374 g/mol. The minimum absolute atomic E-state index is 0.0112. The highest BCUT2D eigenvalue weighted by Crippen LogP contribution is 2.33. The zero-order valence-electron chi connectivity index (χ0n) is 12.6. The summed E-state index contributed by atoms with van der Waals surface area (Å²) in [6.45, 7) is 0. The first-order chi connectivity index (χ1) is 11.1. The Morgan fingerprint density at radius 3 is 2.43 bits per heavy atom. The van der Waals surface area contributed by atoms with Crippen molar-refractivity contribution in [3.63, 3.8) is 0 Å². The second-order valence-electron chi connectivity index (χ2n) is 5.23. The first-order valence-corrected chi connectivity index (χ1v) is 8.34. The van der Waals surface area contributed by atoms with Gasteiger partial charge >= 0.3 is 0 Å². The molecule has 0 radical (unpaired) electrons. The van der Waals surface area contributed by atoms with Crippen LogP contribution in [0.1, 0.15) is 23.6 Å². The summed E-state index contributed by atoms with van der Waals surface area (Å²) in [5.41, 5.74) is 9.02. The third-order valence-corrected chi connectivity index (χ3v) is 4.53. The fourth-order valence-corrected chi connectivity index (χ4v) is 3.05. The second kappa shape index (κ2) is 6.68. The molecule has 0 amide bonds. The lowest BCUT2D eigenvalue weighted by molar-refractivity contribution is 0.371. The normalized spacial score (nSPS) is 17.0. The van der Waals surface area contributed by atoms with Crippen molar-refractivity contribution in [1.29, 1.82) is 0 Å². The molecule has 118 valence electrons. The first-order valence-electron chi connectivity index (χ1n) is 7.14. The second-order valence-corrected chi connectivity index (χ2v) is 6.56. The molecular formula is C17H16BrN3OS. The summed E-state index contributed by atoms with van der Waals surface area (Å²) in [7, 11) is 1.65. The Hall–Kier alpha value is -1.92. The molecule has 0 spiro atoms. The molecule has 1 atom stereocenters. The monoisotopic (exact) mass is 389 g/mol. The molecule has 0 bridgehead atoms. The molecule has 0 saturated heterocycles. The lowest BCUT2D eigenvalue weighted by Crippen LogP contribution is -2.31. The van der Waals surface area contributed by atoms with Crippen molar-refractivity contribution in [2.75, 3.05) is 7.11 Å². The van der Waals surface area contributed by atoms with Gasteiger partial charge < -0.3 is 10.5 Å². The van der Waals surface area contributed by atoms with E-state index in [0.29, 0.717) is 0 Å². The molecule has 1 aliphatic heterocycles. The van der Waals surface area contributed by atoms with Gasteiger partial charge in [0.1, 0.15) is 5.75 Å². The number of rotatable bonds is 3. The third kappa shape index (κ3) is 3.38. The Labute approximate surface area is 149 Å². The van der Waals surface area contributed by atoms with Crippen LogP contribution in [-0.4, -0.2) is 22.9 Å². The number of hydrazone groups is 1. The van der Waals surface area contributed by atoms with Gasteiger partial charge in [0, 0.05) is 10.9 Å². The summed E-state index contributed by atoms with van der Waals surface area (Å²) in [4.78, 5) is 0. The van der Waals surface area contributed by atoms with Crippen LogP contribution in [-0.2, 0) is 0 Å². The van der Waals surface area contributed by atoms with Gasteiger partial charge in [-0.15, -0.1) is 0 Å². The molecule has 23 heavy (non-hydrogen) atoms. The van der Waals surface area contributed by atoms with Crippen LogP contribution < -0.4 is 10.5 Å². The van der Waals surface area contributed by atoms with Gasteiger partial charge in [0.2, 0.25) is 0 Å². The van der Waals surface area contributed by atoms with Gasteiger partial charge in [-0.1, -0.05) is 40.2 Å². The molecule has 1 heterocycles. The average Bonchev–Trinajstić information content (AvgIpc) is 3.01. The quantitative estimate of drug-likeness (QED) is 0.809.